The summed E-state index contributed by atoms with van der Waals surface area (Å²) in [7, 11) is 0. The average Bonchev–Trinajstić information content (AvgIpc) is 2.36. The Morgan fingerprint density at radius 1 is 1.26 bits per heavy atom. The van der Waals surface area contributed by atoms with Gasteiger partial charge in [0.05, 0.1) is 24.9 Å². The monoisotopic (exact) mass is 267 g/mol. The van der Waals surface area contributed by atoms with Gasteiger partial charge in [-0.15, -0.1) is 0 Å². The van der Waals surface area contributed by atoms with Gasteiger partial charge >= 0.3 is 0 Å². The third kappa shape index (κ3) is 3.75. The summed E-state index contributed by atoms with van der Waals surface area (Å²) in [4.78, 5) is 0. The van der Waals surface area contributed by atoms with Crippen molar-refractivity contribution in [3.05, 3.63) is 35.1 Å². The van der Waals surface area contributed by atoms with Crippen molar-refractivity contribution in [2.75, 3.05) is 0 Å². The van der Waals surface area contributed by atoms with Gasteiger partial charge < -0.3 is 15.2 Å². The van der Waals surface area contributed by atoms with E-state index in [0.29, 0.717) is 17.7 Å². The lowest BCUT2D eigenvalue weighted by Gasteiger charge is -2.32. The first-order chi connectivity index (χ1) is 9.10. The van der Waals surface area contributed by atoms with Crippen LogP contribution in [0.1, 0.15) is 37.8 Å². The van der Waals surface area contributed by atoms with E-state index in [2.05, 4.69) is 0 Å². The van der Waals surface area contributed by atoms with E-state index >= 15 is 0 Å². The summed E-state index contributed by atoms with van der Waals surface area (Å²) in [6.07, 6.45) is 2.27. The lowest BCUT2D eigenvalue weighted by atomic mass is 10.0. The van der Waals surface area contributed by atoms with Crippen molar-refractivity contribution >= 4 is 0 Å². The first kappa shape index (κ1) is 14.4. The molecule has 2 unspecified atom stereocenters. The molecule has 0 aliphatic carbocycles. The van der Waals surface area contributed by atoms with Gasteiger partial charge in [0.25, 0.3) is 0 Å². The summed E-state index contributed by atoms with van der Waals surface area (Å²) in [5.74, 6) is -0.238. The molecule has 0 amide bonds. The molecule has 1 aliphatic rings. The molecule has 0 spiro atoms. The number of rotatable bonds is 4. The molecule has 0 bridgehead atoms. The SMILES string of the molecule is CC1CC(OCc2cccc(CN)c2F)CC(C)O1. The molecule has 1 aromatic rings. The second kappa shape index (κ2) is 6.46. The van der Waals surface area contributed by atoms with Crippen LogP contribution in [0.2, 0.25) is 0 Å². The van der Waals surface area contributed by atoms with Crippen LogP contribution < -0.4 is 5.73 Å². The molecule has 1 aromatic carbocycles. The highest BCUT2D eigenvalue weighted by atomic mass is 19.1. The molecule has 0 radical (unpaired) electrons. The van der Waals surface area contributed by atoms with Crippen LogP contribution >= 0.6 is 0 Å². The van der Waals surface area contributed by atoms with Gasteiger partial charge in [-0.2, -0.15) is 0 Å². The maximum Gasteiger partial charge on any atom is 0.133 e. The molecular formula is C15H22FNO2. The molecule has 1 fully saturated rings. The number of halogens is 1. The van der Waals surface area contributed by atoms with Crippen LogP contribution in [0.4, 0.5) is 4.39 Å². The van der Waals surface area contributed by atoms with Crippen LogP contribution in [-0.2, 0) is 22.6 Å². The first-order valence-electron chi connectivity index (χ1n) is 6.83. The zero-order valence-electron chi connectivity index (χ0n) is 11.6. The third-order valence-electron chi connectivity index (χ3n) is 3.51. The van der Waals surface area contributed by atoms with Gasteiger partial charge in [-0.25, -0.2) is 4.39 Å². The molecule has 3 nitrogen and oxygen atoms in total. The van der Waals surface area contributed by atoms with E-state index in [1.165, 1.54) is 0 Å². The summed E-state index contributed by atoms with van der Waals surface area (Å²) in [5, 5.41) is 0. The van der Waals surface area contributed by atoms with E-state index in [1.54, 1.807) is 12.1 Å². The van der Waals surface area contributed by atoms with Crippen LogP contribution in [0.3, 0.4) is 0 Å². The summed E-state index contributed by atoms with van der Waals surface area (Å²) >= 11 is 0. The van der Waals surface area contributed by atoms with Gasteiger partial charge in [-0.05, 0) is 26.7 Å². The van der Waals surface area contributed by atoms with Crippen LogP contribution in [0.25, 0.3) is 0 Å². The summed E-state index contributed by atoms with van der Waals surface area (Å²) in [5.41, 5.74) is 6.61. The zero-order chi connectivity index (χ0) is 13.8. The highest BCUT2D eigenvalue weighted by Gasteiger charge is 2.25. The minimum Gasteiger partial charge on any atom is -0.375 e. The molecule has 4 heteroatoms. The summed E-state index contributed by atoms with van der Waals surface area (Å²) in [6.45, 7) is 4.60. The zero-order valence-corrected chi connectivity index (χ0v) is 11.6. The van der Waals surface area contributed by atoms with E-state index in [1.807, 2.05) is 19.9 Å². The molecule has 1 saturated heterocycles. The molecular weight excluding hydrogens is 245 g/mol. The van der Waals surface area contributed by atoms with Gasteiger partial charge in [0.2, 0.25) is 0 Å². The minimum atomic E-state index is -0.238. The van der Waals surface area contributed by atoms with E-state index in [9.17, 15) is 4.39 Å². The van der Waals surface area contributed by atoms with Gasteiger partial charge in [-0.3, -0.25) is 0 Å². The molecule has 2 N–H and O–H groups in total. The lowest BCUT2D eigenvalue weighted by Crippen LogP contribution is -2.34. The number of hydrogen-bond acceptors (Lipinski definition) is 3. The third-order valence-corrected chi connectivity index (χ3v) is 3.51. The Hall–Kier alpha value is -0.970. The molecule has 106 valence electrons. The predicted molar refractivity (Wildman–Crippen MR) is 72.1 cm³/mol. The topological polar surface area (TPSA) is 44.5 Å². The molecule has 19 heavy (non-hydrogen) atoms. The van der Waals surface area contributed by atoms with E-state index in [4.69, 9.17) is 15.2 Å². The van der Waals surface area contributed by atoms with Crippen molar-refractivity contribution in [3.63, 3.8) is 0 Å². The molecule has 0 saturated carbocycles. The van der Waals surface area contributed by atoms with E-state index in [-0.39, 0.29) is 30.7 Å². The van der Waals surface area contributed by atoms with Crippen molar-refractivity contribution < 1.29 is 13.9 Å². The van der Waals surface area contributed by atoms with Gasteiger partial charge in [-0.1, -0.05) is 18.2 Å². The lowest BCUT2D eigenvalue weighted by molar-refractivity contribution is -0.106. The Kier molecular flexibility index (Phi) is 4.91. The number of benzene rings is 1. The normalized spacial score (nSPS) is 27.5. The average molecular weight is 267 g/mol. The number of hydrogen-bond donors (Lipinski definition) is 1. The van der Waals surface area contributed by atoms with Gasteiger partial charge in [0.15, 0.2) is 0 Å². The second-order valence-corrected chi connectivity index (χ2v) is 5.26. The molecule has 2 atom stereocenters. The molecule has 2 rings (SSSR count). The highest BCUT2D eigenvalue weighted by Crippen LogP contribution is 2.23. The van der Waals surface area contributed by atoms with Crippen molar-refractivity contribution in [2.45, 2.75) is 58.2 Å². The van der Waals surface area contributed by atoms with E-state index < -0.39 is 0 Å². The fourth-order valence-electron chi connectivity index (χ4n) is 2.59. The standard InChI is InChI=1S/C15H22FNO2/c1-10-6-14(7-11(2)19-10)18-9-13-5-3-4-12(8-17)15(13)16/h3-5,10-11,14H,6-9,17H2,1-2H3. The maximum absolute atomic E-state index is 14.0. The van der Waals surface area contributed by atoms with Crippen molar-refractivity contribution in [3.8, 4) is 0 Å². The Morgan fingerprint density at radius 2 is 1.89 bits per heavy atom. The second-order valence-electron chi connectivity index (χ2n) is 5.26. The Balaban J connectivity index is 1.95. The molecule has 0 aromatic heterocycles. The minimum absolute atomic E-state index is 0.139. The quantitative estimate of drug-likeness (QED) is 0.912. The van der Waals surface area contributed by atoms with Crippen LogP contribution in [0.15, 0.2) is 18.2 Å². The van der Waals surface area contributed by atoms with Crippen LogP contribution in [0.5, 0.6) is 0 Å². The van der Waals surface area contributed by atoms with Crippen molar-refractivity contribution in [2.24, 2.45) is 5.73 Å². The largest absolute Gasteiger partial charge is 0.375 e. The van der Waals surface area contributed by atoms with Crippen LogP contribution in [-0.4, -0.2) is 18.3 Å². The van der Waals surface area contributed by atoms with Gasteiger partial charge in [0.1, 0.15) is 5.82 Å². The smallest absolute Gasteiger partial charge is 0.133 e. The number of nitrogens with two attached hydrogens (primary N) is 1. The number of ether oxygens (including phenoxy) is 2. The first-order valence-corrected chi connectivity index (χ1v) is 6.83. The predicted octanol–water partition coefficient (Wildman–Crippen LogP) is 2.76. The molecule has 1 aliphatic heterocycles. The van der Waals surface area contributed by atoms with Crippen molar-refractivity contribution in [1.82, 2.24) is 0 Å². The highest BCUT2D eigenvalue weighted by molar-refractivity contribution is 5.25. The maximum atomic E-state index is 14.0. The Bertz CT molecular complexity index is 415. The Labute approximate surface area is 113 Å². The van der Waals surface area contributed by atoms with E-state index in [0.717, 1.165) is 12.8 Å². The van der Waals surface area contributed by atoms with Crippen molar-refractivity contribution in [1.29, 1.82) is 0 Å². The van der Waals surface area contributed by atoms with Gasteiger partial charge in [0, 0.05) is 17.7 Å². The summed E-state index contributed by atoms with van der Waals surface area (Å²) < 4.78 is 25.5. The Morgan fingerprint density at radius 3 is 2.53 bits per heavy atom. The fraction of sp³-hybridized carbons (Fsp3) is 0.600. The summed E-state index contributed by atoms with van der Waals surface area (Å²) in [6, 6.07) is 5.28. The van der Waals surface area contributed by atoms with Crippen LogP contribution in [0, 0.1) is 5.82 Å². The fourth-order valence-corrected chi connectivity index (χ4v) is 2.59. The molecule has 1 heterocycles.